The molecule has 1 unspecified atom stereocenters. The molecule has 1 rings (SSSR count). The minimum atomic E-state index is -0.961. The maximum absolute atomic E-state index is 12.3. The fourth-order valence-corrected chi connectivity index (χ4v) is 2.25. The molecule has 0 heterocycles. The minimum absolute atomic E-state index is 0.105. The van der Waals surface area contributed by atoms with Crippen molar-refractivity contribution in [1.82, 2.24) is 0 Å². The van der Waals surface area contributed by atoms with Gasteiger partial charge in [0.1, 0.15) is 23.6 Å². The fraction of sp³-hybridized carbons (Fsp3) is 0.471. The van der Waals surface area contributed by atoms with Crippen molar-refractivity contribution in [3.63, 3.8) is 0 Å². The quantitative estimate of drug-likeness (QED) is 0.459. The first kappa shape index (κ1) is 17.1. The average Bonchev–Trinajstić information content (AvgIpc) is 2.36. The van der Waals surface area contributed by atoms with Gasteiger partial charge in [-0.15, -0.1) is 0 Å². The van der Waals surface area contributed by atoms with Crippen LogP contribution in [0.3, 0.4) is 0 Å². The Hall–Kier alpha value is -1.97. The molecular formula is C17H22O4. The normalized spacial score (nSPS) is 14.1. The van der Waals surface area contributed by atoms with Crippen molar-refractivity contribution in [3.8, 4) is 0 Å². The lowest BCUT2D eigenvalue weighted by molar-refractivity contribution is -0.162. The van der Waals surface area contributed by atoms with Gasteiger partial charge in [0.2, 0.25) is 0 Å². The zero-order chi connectivity index (χ0) is 16.0. The Labute approximate surface area is 125 Å². The van der Waals surface area contributed by atoms with Crippen LogP contribution in [0.4, 0.5) is 0 Å². The van der Waals surface area contributed by atoms with Gasteiger partial charge in [0.15, 0.2) is 0 Å². The van der Waals surface area contributed by atoms with Gasteiger partial charge in [-0.3, -0.25) is 9.59 Å². The summed E-state index contributed by atoms with van der Waals surface area (Å²) < 4.78 is 5.33. The van der Waals surface area contributed by atoms with E-state index in [-0.39, 0.29) is 12.2 Å². The van der Waals surface area contributed by atoms with Gasteiger partial charge in [0.25, 0.3) is 0 Å². The molecule has 0 fully saturated rings. The molecule has 0 aromatic heterocycles. The summed E-state index contributed by atoms with van der Waals surface area (Å²) in [5.74, 6) is -2.32. The second-order valence-electron chi connectivity index (χ2n) is 6.04. The Balaban J connectivity index is 3.13. The molecule has 2 atom stereocenters. The number of carbonyl (C=O) groups excluding carboxylic acids is 3. The van der Waals surface area contributed by atoms with E-state index >= 15 is 0 Å². The second kappa shape index (κ2) is 7.16. The molecule has 0 aliphatic carbocycles. The summed E-state index contributed by atoms with van der Waals surface area (Å²) >= 11 is 0. The molecule has 0 amide bonds. The predicted molar refractivity (Wildman–Crippen MR) is 79.9 cm³/mol. The first-order valence-electron chi connectivity index (χ1n) is 6.98. The number of carbonyl (C=O) groups is 3. The van der Waals surface area contributed by atoms with E-state index < -0.39 is 23.4 Å². The maximum atomic E-state index is 12.3. The molecule has 0 radical (unpaired) electrons. The van der Waals surface area contributed by atoms with Crippen LogP contribution < -0.4 is 0 Å². The molecule has 4 heteroatoms. The van der Waals surface area contributed by atoms with Crippen LogP contribution in [0.5, 0.6) is 0 Å². The number of hydrogen-bond donors (Lipinski definition) is 0. The van der Waals surface area contributed by atoms with Crippen LogP contribution in [0, 0.1) is 5.92 Å². The van der Waals surface area contributed by atoms with Crippen LogP contribution in [0.15, 0.2) is 30.3 Å². The van der Waals surface area contributed by atoms with Crippen molar-refractivity contribution in [3.05, 3.63) is 35.9 Å². The number of ether oxygens (including phenoxy) is 1. The van der Waals surface area contributed by atoms with E-state index in [1.165, 1.54) is 6.92 Å². The molecule has 0 N–H and O–H groups in total. The van der Waals surface area contributed by atoms with Crippen LogP contribution in [0.2, 0.25) is 0 Å². The highest BCUT2D eigenvalue weighted by molar-refractivity contribution is 5.99. The fourth-order valence-electron chi connectivity index (χ4n) is 2.25. The summed E-state index contributed by atoms with van der Waals surface area (Å²) in [5.41, 5.74) is 0.114. The molecule has 0 saturated heterocycles. The standard InChI is InChI=1S/C17H22O4/c1-12(19)15(16(20)21-17(2,3)4)14(10-11-18)13-8-6-5-7-9-13/h5-9,11,14-15H,10H2,1-4H3/t14-,15?/m0/s1. The van der Waals surface area contributed by atoms with E-state index in [1.807, 2.05) is 30.3 Å². The number of hydrogen-bond acceptors (Lipinski definition) is 4. The summed E-state index contributed by atoms with van der Waals surface area (Å²) in [4.78, 5) is 35.2. The van der Waals surface area contributed by atoms with E-state index in [2.05, 4.69) is 0 Å². The largest absolute Gasteiger partial charge is 0.459 e. The summed E-state index contributed by atoms with van der Waals surface area (Å²) in [5, 5.41) is 0. The Bertz CT molecular complexity index is 499. The molecular weight excluding hydrogens is 268 g/mol. The van der Waals surface area contributed by atoms with Gasteiger partial charge in [-0.25, -0.2) is 0 Å². The Morgan fingerprint density at radius 1 is 1.19 bits per heavy atom. The molecule has 114 valence electrons. The van der Waals surface area contributed by atoms with Crippen molar-refractivity contribution in [2.75, 3.05) is 0 Å². The molecule has 1 aromatic carbocycles. The zero-order valence-electron chi connectivity index (χ0n) is 13.0. The van der Waals surface area contributed by atoms with Gasteiger partial charge in [-0.2, -0.15) is 0 Å². The number of benzene rings is 1. The lowest BCUT2D eigenvalue weighted by Gasteiger charge is -2.27. The molecule has 0 aliphatic heterocycles. The molecule has 0 bridgehead atoms. The van der Waals surface area contributed by atoms with Gasteiger partial charge in [0, 0.05) is 12.3 Å². The van der Waals surface area contributed by atoms with Crippen molar-refractivity contribution >= 4 is 18.0 Å². The Morgan fingerprint density at radius 2 is 1.76 bits per heavy atom. The van der Waals surface area contributed by atoms with Crippen molar-refractivity contribution in [1.29, 1.82) is 0 Å². The first-order chi connectivity index (χ1) is 9.76. The SMILES string of the molecule is CC(=O)C(C(=O)OC(C)(C)C)[C@@H](CC=O)c1ccccc1. The lowest BCUT2D eigenvalue weighted by atomic mass is 9.81. The van der Waals surface area contributed by atoms with Crippen molar-refractivity contribution in [2.45, 2.75) is 45.6 Å². The summed E-state index contributed by atoms with van der Waals surface area (Å²) in [7, 11) is 0. The van der Waals surface area contributed by atoms with Gasteiger partial charge in [0.05, 0.1) is 0 Å². The number of ketones is 1. The van der Waals surface area contributed by atoms with E-state index in [1.54, 1.807) is 20.8 Å². The summed E-state index contributed by atoms with van der Waals surface area (Å²) in [6, 6.07) is 9.11. The molecule has 0 saturated carbocycles. The predicted octanol–water partition coefficient (Wildman–Crippen LogP) is 2.91. The summed E-state index contributed by atoms with van der Waals surface area (Å²) in [6.45, 7) is 6.60. The Morgan fingerprint density at radius 3 is 2.19 bits per heavy atom. The number of esters is 1. The van der Waals surface area contributed by atoms with E-state index in [0.717, 1.165) is 11.8 Å². The first-order valence-corrected chi connectivity index (χ1v) is 6.98. The zero-order valence-corrected chi connectivity index (χ0v) is 13.0. The van der Waals surface area contributed by atoms with Crippen LogP contribution in [-0.4, -0.2) is 23.6 Å². The van der Waals surface area contributed by atoms with E-state index in [9.17, 15) is 14.4 Å². The van der Waals surface area contributed by atoms with E-state index in [0.29, 0.717) is 0 Å². The molecule has 4 nitrogen and oxygen atoms in total. The third-order valence-corrected chi connectivity index (χ3v) is 3.08. The van der Waals surface area contributed by atoms with Crippen molar-refractivity contribution < 1.29 is 19.1 Å². The topological polar surface area (TPSA) is 60.4 Å². The molecule has 0 aliphatic rings. The average molecular weight is 290 g/mol. The highest BCUT2D eigenvalue weighted by Gasteiger charge is 2.36. The smallest absolute Gasteiger partial charge is 0.317 e. The molecule has 21 heavy (non-hydrogen) atoms. The van der Waals surface area contributed by atoms with Gasteiger partial charge in [-0.05, 0) is 33.3 Å². The van der Waals surface area contributed by atoms with Crippen LogP contribution in [0.25, 0.3) is 0 Å². The third kappa shape index (κ3) is 5.14. The van der Waals surface area contributed by atoms with Gasteiger partial charge >= 0.3 is 5.97 Å². The molecule has 1 aromatic rings. The van der Waals surface area contributed by atoms with Crippen LogP contribution in [-0.2, 0) is 19.1 Å². The summed E-state index contributed by atoms with van der Waals surface area (Å²) in [6.07, 6.45) is 0.839. The minimum Gasteiger partial charge on any atom is -0.459 e. The maximum Gasteiger partial charge on any atom is 0.317 e. The van der Waals surface area contributed by atoms with Crippen LogP contribution >= 0.6 is 0 Å². The highest BCUT2D eigenvalue weighted by Crippen LogP contribution is 2.30. The monoisotopic (exact) mass is 290 g/mol. The Kier molecular flexibility index (Phi) is 5.82. The van der Waals surface area contributed by atoms with Gasteiger partial charge in [-0.1, -0.05) is 30.3 Å². The number of aldehydes is 1. The van der Waals surface area contributed by atoms with E-state index in [4.69, 9.17) is 4.74 Å². The van der Waals surface area contributed by atoms with Gasteiger partial charge < -0.3 is 9.53 Å². The second-order valence-corrected chi connectivity index (χ2v) is 6.04. The highest BCUT2D eigenvalue weighted by atomic mass is 16.6. The number of rotatable bonds is 6. The molecule has 0 spiro atoms. The number of Topliss-reactive ketones (excluding diaryl/α,β-unsaturated/α-hetero) is 1. The lowest BCUT2D eigenvalue weighted by Crippen LogP contribution is -2.35. The van der Waals surface area contributed by atoms with Crippen molar-refractivity contribution in [2.24, 2.45) is 5.92 Å². The third-order valence-electron chi connectivity index (χ3n) is 3.08. The van der Waals surface area contributed by atoms with Crippen LogP contribution in [0.1, 0.15) is 45.6 Å².